The summed E-state index contributed by atoms with van der Waals surface area (Å²) in [6.45, 7) is 7.81. The molecule has 1 saturated heterocycles. The van der Waals surface area contributed by atoms with Gasteiger partial charge in [-0.25, -0.2) is 9.18 Å². The summed E-state index contributed by atoms with van der Waals surface area (Å²) in [6, 6.07) is 4.98. The number of nitrogens with zero attached hydrogens (tertiary/aromatic N) is 1. The summed E-state index contributed by atoms with van der Waals surface area (Å²) in [5.74, 6) is -0.244. The van der Waals surface area contributed by atoms with E-state index in [1.807, 2.05) is 26.8 Å². The van der Waals surface area contributed by atoms with Gasteiger partial charge in [-0.1, -0.05) is 15.9 Å². The van der Waals surface area contributed by atoms with E-state index < -0.39 is 5.60 Å². The molecule has 122 valence electrons. The van der Waals surface area contributed by atoms with Gasteiger partial charge in [0.15, 0.2) is 0 Å². The normalized spacial score (nSPS) is 19.2. The van der Waals surface area contributed by atoms with Crippen LogP contribution in [0.15, 0.2) is 22.7 Å². The molecule has 0 aromatic heterocycles. The van der Waals surface area contributed by atoms with Gasteiger partial charge in [-0.2, -0.15) is 0 Å². The molecule has 1 atom stereocenters. The van der Waals surface area contributed by atoms with E-state index in [9.17, 15) is 9.18 Å². The third-order valence-electron chi connectivity index (χ3n) is 3.32. The molecule has 2 rings (SSSR count). The lowest BCUT2D eigenvalue weighted by Gasteiger charge is -2.22. The molecule has 6 heteroatoms. The Morgan fingerprint density at radius 1 is 1.45 bits per heavy atom. The first kappa shape index (κ1) is 17.2. The Labute approximate surface area is 139 Å². The largest absolute Gasteiger partial charge is 0.444 e. The Bertz CT molecular complexity index is 525. The molecular weight excluding hydrogens is 351 g/mol. The fourth-order valence-corrected chi connectivity index (χ4v) is 3.04. The first-order chi connectivity index (χ1) is 10.2. The maximum atomic E-state index is 13.4. The highest BCUT2D eigenvalue weighted by molar-refractivity contribution is 9.10. The molecule has 1 aromatic carbocycles. The highest BCUT2D eigenvalue weighted by atomic mass is 79.9. The summed E-state index contributed by atoms with van der Waals surface area (Å²) in [4.78, 5) is 14.0. The van der Waals surface area contributed by atoms with Crippen LogP contribution in [0.25, 0.3) is 0 Å². The molecular formula is C16H22BrFN2O2. The molecule has 1 unspecified atom stereocenters. The van der Waals surface area contributed by atoms with E-state index in [2.05, 4.69) is 26.1 Å². The molecule has 0 radical (unpaired) electrons. The molecule has 0 saturated carbocycles. The van der Waals surface area contributed by atoms with Gasteiger partial charge in [0, 0.05) is 30.1 Å². The Hall–Kier alpha value is -1.14. The van der Waals surface area contributed by atoms with Crippen molar-refractivity contribution >= 4 is 22.0 Å². The number of ether oxygens (including phenoxy) is 1. The maximum absolute atomic E-state index is 13.4. The second-order valence-electron chi connectivity index (χ2n) is 6.64. The maximum Gasteiger partial charge on any atom is 0.407 e. The summed E-state index contributed by atoms with van der Waals surface area (Å²) >= 11 is 3.30. The summed E-state index contributed by atoms with van der Waals surface area (Å²) in [7, 11) is 0. The molecule has 1 heterocycles. The van der Waals surface area contributed by atoms with E-state index in [0.29, 0.717) is 6.54 Å². The van der Waals surface area contributed by atoms with Crippen molar-refractivity contribution < 1.29 is 13.9 Å². The number of amides is 1. The molecule has 22 heavy (non-hydrogen) atoms. The van der Waals surface area contributed by atoms with Gasteiger partial charge in [-0.3, -0.25) is 4.90 Å². The molecule has 1 amide bonds. The zero-order valence-corrected chi connectivity index (χ0v) is 14.7. The predicted octanol–water partition coefficient (Wildman–Crippen LogP) is 3.69. The summed E-state index contributed by atoms with van der Waals surface area (Å²) < 4.78 is 19.4. The average molecular weight is 373 g/mol. The van der Waals surface area contributed by atoms with Crippen LogP contribution in [0.2, 0.25) is 0 Å². The molecule has 0 aliphatic carbocycles. The molecule has 1 aromatic rings. The fraction of sp³-hybridized carbons (Fsp3) is 0.562. The number of carbonyl (C=O) groups is 1. The summed E-state index contributed by atoms with van der Waals surface area (Å²) in [5.41, 5.74) is 0.431. The van der Waals surface area contributed by atoms with Gasteiger partial charge in [-0.15, -0.1) is 0 Å². The number of likely N-dealkylation sites (tertiary alicyclic amines) is 1. The van der Waals surface area contributed by atoms with Crippen molar-refractivity contribution in [3.05, 3.63) is 34.1 Å². The van der Waals surface area contributed by atoms with E-state index in [0.717, 1.165) is 29.5 Å². The number of nitrogens with one attached hydrogen (secondary N) is 1. The average Bonchev–Trinajstić information content (AvgIpc) is 2.71. The summed E-state index contributed by atoms with van der Waals surface area (Å²) in [5, 5.41) is 2.89. The monoisotopic (exact) mass is 372 g/mol. The SMILES string of the molecule is CC(C)(C)OC(=O)NC1CCN(Cc2cc(F)cc(Br)c2)C1. The third kappa shape index (κ3) is 5.57. The van der Waals surface area contributed by atoms with Crippen LogP contribution in [0, 0.1) is 5.82 Å². The number of hydrogen-bond donors (Lipinski definition) is 1. The second-order valence-corrected chi connectivity index (χ2v) is 7.56. The standard InChI is InChI=1S/C16H22BrFN2O2/c1-16(2,3)22-15(21)19-14-4-5-20(10-14)9-11-6-12(17)8-13(18)7-11/h6-8,14H,4-5,9-10H2,1-3H3,(H,19,21). The Balaban J connectivity index is 1.84. The number of halogens is 2. The van der Waals surface area contributed by atoms with Crippen molar-refractivity contribution in [1.82, 2.24) is 10.2 Å². The number of hydrogen-bond acceptors (Lipinski definition) is 3. The van der Waals surface area contributed by atoms with E-state index in [-0.39, 0.29) is 18.0 Å². The number of benzene rings is 1. The minimum absolute atomic E-state index is 0.0758. The summed E-state index contributed by atoms with van der Waals surface area (Å²) in [6.07, 6.45) is 0.489. The Morgan fingerprint density at radius 2 is 2.18 bits per heavy atom. The fourth-order valence-electron chi connectivity index (χ4n) is 2.53. The second kappa shape index (κ2) is 6.96. The lowest BCUT2D eigenvalue weighted by atomic mass is 10.2. The molecule has 4 nitrogen and oxygen atoms in total. The minimum atomic E-state index is -0.490. The van der Waals surface area contributed by atoms with Gasteiger partial charge < -0.3 is 10.1 Å². The highest BCUT2D eigenvalue weighted by Crippen LogP contribution is 2.19. The van der Waals surface area contributed by atoms with Crippen LogP contribution in [-0.4, -0.2) is 35.7 Å². The predicted molar refractivity (Wildman–Crippen MR) is 87.2 cm³/mol. The quantitative estimate of drug-likeness (QED) is 0.879. The molecule has 1 aliphatic rings. The van der Waals surface area contributed by atoms with Gasteiger partial charge in [-0.05, 0) is 51.0 Å². The van der Waals surface area contributed by atoms with Crippen LogP contribution in [0.4, 0.5) is 9.18 Å². The van der Waals surface area contributed by atoms with E-state index in [4.69, 9.17) is 4.74 Å². The highest BCUT2D eigenvalue weighted by Gasteiger charge is 2.26. The zero-order valence-electron chi connectivity index (χ0n) is 13.2. The first-order valence-electron chi connectivity index (χ1n) is 7.38. The van der Waals surface area contributed by atoms with Crippen molar-refractivity contribution in [3.8, 4) is 0 Å². The van der Waals surface area contributed by atoms with Crippen LogP contribution in [0.3, 0.4) is 0 Å². The third-order valence-corrected chi connectivity index (χ3v) is 3.78. The zero-order chi connectivity index (χ0) is 16.3. The lowest BCUT2D eigenvalue weighted by Crippen LogP contribution is -2.40. The van der Waals surface area contributed by atoms with Crippen LogP contribution in [0.1, 0.15) is 32.8 Å². The topological polar surface area (TPSA) is 41.6 Å². The molecule has 1 N–H and O–H groups in total. The van der Waals surface area contributed by atoms with Gasteiger partial charge in [0.1, 0.15) is 11.4 Å². The molecule has 0 spiro atoms. The minimum Gasteiger partial charge on any atom is -0.444 e. The molecule has 1 aliphatic heterocycles. The lowest BCUT2D eigenvalue weighted by molar-refractivity contribution is 0.0506. The van der Waals surface area contributed by atoms with E-state index in [1.165, 1.54) is 6.07 Å². The van der Waals surface area contributed by atoms with Crippen molar-refractivity contribution in [1.29, 1.82) is 0 Å². The first-order valence-corrected chi connectivity index (χ1v) is 8.17. The van der Waals surface area contributed by atoms with Gasteiger partial charge in [0.05, 0.1) is 0 Å². The Morgan fingerprint density at radius 3 is 2.82 bits per heavy atom. The Kier molecular flexibility index (Phi) is 5.45. The van der Waals surface area contributed by atoms with Gasteiger partial charge in [0.2, 0.25) is 0 Å². The van der Waals surface area contributed by atoms with Crippen LogP contribution < -0.4 is 5.32 Å². The van der Waals surface area contributed by atoms with Crippen molar-refractivity contribution in [3.63, 3.8) is 0 Å². The number of carbonyl (C=O) groups excluding carboxylic acids is 1. The molecule has 0 bridgehead atoms. The smallest absolute Gasteiger partial charge is 0.407 e. The van der Waals surface area contributed by atoms with Gasteiger partial charge in [0.25, 0.3) is 0 Å². The number of alkyl carbamates (subject to hydrolysis) is 1. The van der Waals surface area contributed by atoms with Crippen LogP contribution in [0.5, 0.6) is 0 Å². The van der Waals surface area contributed by atoms with E-state index >= 15 is 0 Å². The van der Waals surface area contributed by atoms with Crippen LogP contribution in [-0.2, 0) is 11.3 Å². The van der Waals surface area contributed by atoms with Crippen molar-refractivity contribution in [2.75, 3.05) is 13.1 Å². The van der Waals surface area contributed by atoms with Crippen molar-refractivity contribution in [2.45, 2.75) is 45.4 Å². The van der Waals surface area contributed by atoms with E-state index in [1.54, 1.807) is 6.07 Å². The van der Waals surface area contributed by atoms with Gasteiger partial charge >= 0.3 is 6.09 Å². The van der Waals surface area contributed by atoms with Crippen molar-refractivity contribution in [2.24, 2.45) is 0 Å². The van der Waals surface area contributed by atoms with Crippen LogP contribution >= 0.6 is 15.9 Å². The molecule has 1 fully saturated rings. The number of rotatable bonds is 3.